The molecule has 4 nitrogen and oxygen atoms in total. The summed E-state index contributed by atoms with van der Waals surface area (Å²) in [7, 11) is 0. The van der Waals surface area contributed by atoms with E-state index in [1.54, 1.807) is 0 Å². The summed E-state index contributed by atoms with van der Waals surface area (Å²) in [4.78, 5) is 22.3. The van der Waals surface area contributed by atoms with Crippen molar-refractivity contribution in [2.75, 3.05) is 11.9 Å². The highest BCUT2D eigenvalue weighted by Gasteiger charge is 2.42. The average Bonchev–Trinajstić information content (AvgIpc) is 2.96. The van der Waals surface area contributed by atoms with Gasteiger partial charge in [-0.05, 0) is 67.9 Å². The highest BCUT2D eigenvalue weighted by molar-refractivity contribution is 5.98. The van der Waals surface area contributed by atoms with Gasteiger partial charge in [0.1, 0.15) is 5.60 Å². The fourth-order valence-electron chi connectivity index (χ4n) is 3.68. The smallest absolute Gasteiger partial charge is 0.247 e. The maximum Gasteiger partial charge on any atom is 0.247 e. The van der Waals surface area contributed by atoms with E-state index in [0.717, 1.165) is 37.8 Å². The first-order chi connectivity index (χ1) is 10.6. The second-order valence-electron chi connectivity index (χ2n) is 6.40. The number of aryl methyl sites for hydroxylation is 1. The van der Waals surface area contributed by atoms with Crippen molar-refractivity contribution in [1.29, 1.82) is 0 Å². The minimum Gasteiger partial charge on any atom is -0.323 e. The monoisotopic (exact) mass is 301 g/mol. The lowest BCUT2D eigenvalue weighted by molar-refractivity contribution is -0.315. The first kappa shape index (κ1) is 15.3. The maximum atomic E-state index is 11.5. The second kappa shape index (κ2) is 6.23. The molecule has 1 aliphatic heterocycles. The summed E-state index contributed by atoms with van der Waals surface area (Å²) in [5.74, 6) is 0.276. The van der Waals surface area contributed by atoms with Crippen LogP contribution in [-0.4, -0.2) is 18.1 Å². The van der Waals surface area contributed by atoms with Gasteiger partial charge in [0.15, 0.2) is 0 Å². The molecule has 1 aliphatic carbocycles. The average molecular weight is 301 g/mol. The van der Waals surface area contributed by atoms with Crippen LogP contribution in [0.5, 0.6) is 0 Å². The molecule has 1 saturated carbocycles. The van der Waals surface area contributed by atoms with Crippen molar-refractivity contribution in [1.82, 2.24) is 0 Å². The zero-order chi connectivity index (χ0) is 15.6. The number of carbonyl (C=O) groups is 1. The molecule has 4 heteroatoms. The molecule has 118 valence electrons. The van der Waals surface area contributed by atoms with Crippen molar-refractivity contribution < 1.29 is 14.6 Å². The Kier molecular flexibility index (Phi) is 4.32. The van der Waals surface area contributed by atoms with Crippen molar-refractivity contribution in [3.05, 3.63) is 42.0 Å². The Morgan fingerprint density at radius 1 is 1.45 bits per heavy atom. The van der Waals surface area contributed by atoms with Crippen LogP contribution in [-0.2, 0) is 14.6 Å². The van der Waals surface area contributed by atoms with Gasteiger partial charge in [0.25, 0.3) is 0 Å². The van der Waals surface area contributed by atoms with E-state index in [4.69, 9.17) is 9.78 Å². The van der Waals surface area contributed by atoms with Gasteiger partial charge in [-0.1, -0.05) is 12.6 Å². The second-order valence-corrected chi connectivity index (χ2v) is 6.40. The van der Waals surface area contributed by atoms with Crippen molar-refractivity contribution >= 4 is 11.6 Å². The van der Waals surface area contributed by atoms with Crippen LogP contribution < -0.4 is 5.32 Å². The molecule has 1 spiro atoms. The van der Waals surface area contributed by atoms with E-state index in [0.29, 0.717) is 12.5 Å². The summed E-state index contributed by atoms with van der Waals surface area (Å²) in [5, 5.41) is 2.85. The number of nitrogens with one attached hydrogen (secondary N) is 1. The van der Waals surface area contributed by atoms with Gasteiger partial charge >= 0.3 is 0 Å². The van der Waals surface area contributed by atoms with Crippen LogP contribution in [0.4, 0.5) is 5.69 Å². The van der Waals surface area contributed by atoms with Gasteiger partial charge in [0.05, 0.1) is 6.61 Å². The van der Waals surface area contributed by atoms with Crippen LogP contribution in [0.15, 0.2) is 30.9 Å². The molecular formula is C18H23NO3. The van der Waals surface area contributed by atoms with Crippen molar-refractivity contribution in [3.63, 3.8) is 0 Å². The van der Waals surface area contributed by atoms with Crippen LogP contribution >= 0.6 is 0 Å². The summed E-state index contributed by atoms with van der Waals surface area (Å²) < 4.78 is 0. The molecule has 0 radical (unpaired) electrons. The van der Waals surface area contributed by atoms with Crippen LogP contribution in [0, 0.1) is 6.92 Å². The molecule has 22 heavy (non-hydrogen) atoms. The van der Waals surface area contributed by atoms with E-state index >= 15 is 0 Å². The van der Waals surface area contributed by atoms with E-state index in [-0.39, 0.29) is 11.5 Å². The van der Waals surface area contributed by atoms with Crippen LogP contribution in [0.3, 0.4) is 0 Å². The Bertz CT molecular complexity index is 576. The van der Waals surface area contributed by atoms with E-state index in [9.17, 15) is 4.79 Å². The molecule has 2 unspecified atom stereocenters. The van der Waals surface area contributed by atoms with Gasteiger partial charge in [-0.3, -0.25) is 4.79 Å². The third-order valence-corrected chi connectivity index (χ3v) is 4.85. The van der Waals surface area contributed by atoms with Crippen LogP contribution in [0.25, 0.3) is 0 Å². The third kappa shape index (κ3) is 3.08. The lowest BCUT2D eigenvalue weighted by atomic mass is 9.73. The Balaban J connectivity index is 1.82. The number of amides is 1. The zero-order valence-electron chi connectivity index (χ0n) is 13.1. The zero-order valence-corrected chi connectivity index (χ0v) is 13.1. The fraction of sp³-hybridized carbons (Fsp3) is 0.500. The van der Waals surface area contributed by atoms with Gasteiger partial charge in [0, 0.05) is 12.1 Å². The molecule has 3 rings (SSSR count). The number of anilines is 1. The highest BCUT2D eigenvalue weighted by Crippen LogP contribution is 2.45. The van der Waals surface area contributed by atoms with E-state index in [2.05, 4.69) is 31.0 Å². The van der Waals surface area contributed by atoms with Crippen molar-refractivity contribution in [3.8, 4) is 0 Å². The molecule has 1 N–H and O–H groups in total. The summed E-state index contributed by atoms with van der Waals surface area (Å²) >= 11 is 0. The molecule has 2 fully saturated rings. The topological polar surface area (TPSA) is 47.6 Å². The third-order valence-electron chi connectivity index (χ3n) is 4.85. The van der Waals surface area contributed by atoms with Crippen LogP contribution in [0.1, 0.15) is 49.1 Å². The van der Waals surface area contributed by atoms with E-state index in [1.165, 1.54) is 17.2 Å². The normalized spacial score (nSPS) is 27.8. The van der Waals surface area contributed by atoms with Gasteiger partial charge in [-0.2, -0.15) is 0 Å². The summed E-state index contributed by atoms with van der Waals surface area (Å²) in [6.45, 7) is 6.31. The first-order valence-electron chi connectivity index (χ1n) is 7.96. The molecule has 2 aliphatic rings. The molecule has 1 saturated heterocycles. The Morgan fingerprint density at radius 2 is 2.32 bits per heavy atom. The lowest BCUT2D eigenvalue weighted by Gasteiger charge is -2.36. The largest absolute Gasteiger partial charge is 0.323 e. The van der Waals surface area contributed by atoms with Gasteiger partial charge < -0.3 is 5.32 Å². The first-order valence-corrected chi connectivity index (χ1v) is 7.96. The molecular weight excluding hydrogens is 278 g/mol. The van der Waals surface area contributed by atoms with Crippen molar-refractivity contribution in [2.45, 2.75) is 50.5 Å². The minimum atomic E-state index is -0.178. The minimum absolute atomic E-state index is 0.101. The lowest BCUT2D eigenvalue weighted by Crippen LogP contribution is -2.33. The predicted molar refractivity (Wildman–Crippen MR) is 85.6 cm³/mol. The number of hydrogen-bond acceptors (Lipinski definition) is 3. The Hall–Kier alpha value is -1.65. The molecule has 1 aromatic carbocycles. The number of hydrogen-bond donors (Lipinski definition) is 1. The Morgan fingerprint density at radius 3 is 3.05 bits per heavy atom. The predicted octanol–water partition coefficient (Wildman–Crippen LogP) is 3.87. The fourth-order valence-corrected chi connectivity index (χ4v) is 3.68. The molecule has 1 heterocycles. The van der Waals surface area contributed by atoms with Crippen LogP contribution in [0.2, 0.25) is 0 Å². The van der Waals surface area contributed by atoms with Gasteiger partial charge in [-0.15, -0.1) is 0 Å². The molecule has 1 aromatic rings. The Labute approximate surface area is 131 Å². The molecule has 0 bridgehead atoms. The molecule has 1 amide bonds. The van der Waals surface area contributed by atoms with E-state index in [1.807, 2.05) is 6.07 Å². The summed E-state index contributed by atoms with van der Waals surface area (Å²) in [6.07, 6.45) is 6.65. The number of rotatable bonds is 3. The molecule has 2 atom stereocenters. The summed E-state index contributed by atoms with van der Waals surface area (Å²) in [6, 6.07) is 6.10. The summed E-state index contributed by atoms with van der Waals surface area (Å²) in [5.41, 5.74) is 3.29. The quantitative estimate of drug-likeness (QED) is 0.681. The highest BCUT2D eigenvalue weighted by atomic mass is 17.2. The number of benzene rings is 1. The van der Waals surface area contributed by atoms with Gasteiger partial charge in [-0.25, -0.2) is 9.78 Å². The standard InChI is InChI=1S/C18H23NO3/c1-3-17(20)19-15-7-6-13(2)16(11-15)14-5-4-8-18(12-14)9-10-21-22-18/h3,6-7,11,14H,1,4-5,8-10,12H2,2H3,(H,19,20). The van der Waals surface area contributed by atoms with Gasteiger partial charge in [0.2, 0.25) is 5.91 Å². The molecule has 0 aromatic heterocycles. The van der Waals surface area contributed by atoms with E-state index < -0.39 is 0 Å². The maximum absolute atomic E-state index is 11.5. The number of carbonyl (C=O) groups excluding carboxylic acids is 1. The SMILES string of the molecule is C=CC(=O)Nc1ccc(C)c(C2CCCC3(CCOO3)C2)c1. The van der Waals surface area contributed by atoms with Crippen molar-refractivity contribution in [2.24, 2.45) is 0 Å².